The van der Waals surface area contributed by atoms with Crippen LogP contribution in [0.4, 0.5) is 17.2 Å². The van der Waals surface area contributed by atoms with Crippen LogP contribution in [0, 0.1) is 6.92 Å². The normalized spacial score (nSPS) is 22.4. The van der Waals surface area contributed by atoms with Crippen molar-refractivity contribution >= 4 is 28.4 Å². The predicted molar refractivity (Wildman–Crippen MR) is 124 cm³/mol. The molecule has 1 saturated heterocycles. The summed E-state index contributed by atoms with van der Waals surface area (Å²) in [4.78, 5) is 36.3. The molecule has 4 aromatic rings. The molecule has 5 rings (SSSR count). The van der Waals surface area contributed by atoms with Gasteiger partial charge in [0.25, 0.3) is 10.9 Å². The van der Waals surface area contributed by atoms with Gasteiger partial charge in [0.2, 0.25) is 0 Å². The van der Waals surface area contributed by atoms with Crippen LogP contribution in [0.25, 0.3) is 11.2 Å². The van der Waals surface area contributed by atoms with Crippen LogP contribution in [-0.4, -0.2) is 54.6 Å². The number of ether oxygens (including phenoxy) is 1. The summed E-state index contributed by atoms with van der Waals surface area (Å²) in [6.45, 7) is 2.35. The first-order valence-electron chi connectivity index (χ1n) is 10.7. The van der Waals surface area contributed by atoms with Crippen LogP contribution in [0.2, 0.25) is 0 Å². The van der Waals surface area contributed by atoms with Crippen molar-refractivity contribution in [3.05, 3.63) is 68.5 Å². The van der Waals surface area contributed by atoms with Crippen LogP contribution >= 0.6 is 0 Å². The molecule has 0 amide bonds. The predicted octanol–water partition coefficient (Wildman–Crippen LogP) is -0.344. The fourth-order valence-corrected chi connectivity index (χ4v) is 4.01. The third-order valence-electron chi connectivity index (χ3n) is 5.98. The maximum Gasteiger partial charge on any atom is 0.253 e. The van der Waals surface area contributed by atoms with E-state index >= 15 is 0 Å². The fourth-order valence-electron chi connectivity index (χ4n) is 4.01. The second-order valence-electron chi connectivity index (χ2n) is 8.26. The highest BCUT2D eigenvalue weighted by Gasteiger charge is 2.44. The van der Waals surface area contributed by atoms with Crippen LogP contribution in [0.1, 0.15) is 17.4 Å². The number of aliphatic hydroxyl groups is 2. The summed E-state index contributed by atoms with van der Waals surface area (Å²) in [5.41, 5.74) is 7.64. The summed E-state index contributed by atoms with van der Waals surface area (Å²) in [7, 11) is 0. The minimum atomic E-state index is -1.28. The van der Waals surface area contributed by atoms with Gasteiger partial charge in [0, 0.05) is 13.1 Å². The molecule has 176 valence electrons. The van der Waals surface area contributed by atoms with Gasteiger partial charge >= 0.3 is 0 Å². The van der Waals surface area contributed by atoms with Gasteiger partial charge in [-0.3, -0.25) is 14.2 Å². The van der Waals surface area contributed by atoms with E-state index in [4.69, 9.17) is 10.5 Å². The molecule has 6 N–H and O–H groups in total. The Kier molecular flexibility index (Phi) is 5.48. The van der Waals surface area contributed by atoms with E-state index in [0.29, 0.717) is 17.7 Å². The molecule has 1 fully saturated rings. The first-order valence-corrected chi connectivity index (χ1v) is 10.7. The Hall–Kier alpha value is -3.87. The molecule has 3 heterocycles. The molecule has 1 aliphatic rings. The van der Waals surface area contributed by atoms with Gasteiger partial charge in [-0.1, -0.05) is 29.8 Å². The number of nitrogens with two attached hydrogens (primary N) is 1. The third-order valence-corrected chi connectivity index (χ3v) is 5.98. The zero-order chi connectivity index (χ0) is 24.0. The lowest BCUT2D eigenvalue weighted by molar-refractivity contribution is -0.0312. The van der Waals surface area contributed by atoms with Gasteiger partial charge in [-0.2, -0.15) is 0 Å². The number of aliphatic hydroxyl groups excluding tert-OH is 2. The number of imidazole rings is 1. The number of hydrogen-bond donors (Lipinski definition) is 5. The van der Waals surface area contributed by atoms with Crippen LogP contribution < -0.4 is 27.2 Å². The molecule has 0 unspecified atom stereocenters. The Morgan fingerprint density at radius 2 is 1.74 bits per heavy atom. The van der Waals surface area contributed by atoms with Crippen molar-refractivity contribution in [1.82, 2.24) is 19.5 Å². The quantitative estimate of drug-likeness (QED) is 0.225. The summed E-state index contributed by atoms with van der Waals surface area (Å²) in [6, 6.07) is 7.79. The van der Waals surface area contributed by atoms with Crippen molar-refractivity contribution in [2.45, 2.75) is 38.0 Å². The molecule has 0 bridgehead atoms. The molecule has 34 heavy (non-hydrogen) atoms. The number of rotatable bonds is 7. The maximum absolute atomic E-state index is 12.1. The van der Waals surface area contributed by atoms with E-state index in [9.17, 15) is 19.8 Å². The van der Waals surface area contributed by atoms with Crippen molar-refractivity contribution in [2.75, 3.05) is 22.9 Å². The number of fused-ring (bicyclic) bond motifs is 1. The van der Waals surface area contributed by atoms with Gasteiger partial charge in [0.05, 0.1) is 6.33 Å². The summed E-state index contributed by atoms with van der Waals surface area (Å²) in [6.07, 6.45) is -1.73. The van der Waals surface area contributed by atoms with Crippen molar-refractivity contribution in [2.24, 2.45) is 0 Å². The van der Waals surface area contributed by atoms with Gasteiger partial charge in [-0.05, 0) is 12.5 Å². The first kappa shape index (κ1) is 21.9. The molecule has 12 heteroatoms. The van der Waals surface area contributed by atoms with Crippen LogP contribution in [0.15, 0.2) is 46.5 Å². The number of aryl methyl sites for hydroxylation is 1. The second kappa shape index (κ2) is 8.48. The van der Waals surface area contributed by atoms with Gasteiger partial charge in [0.1, 0.15) is 41.5 Å². The topological polar surface area (TPSA) is 178 Å². The summed E-state index contributed by atoms with van der Waals surface area (Å²) in [5.74, 6) is 0.181. The number of hydrogen-bond acceptors (Lipinski definition) is 11. The van der Waals surface area contributed by atoms with Gasteiger partial charge in [0.15, 0.2) is 17.7 Å². The van der Waals surface area contributed by atoms with E-state index in [1.54, 1.807) is 0 Å². The number of nitrogen functional groups attached to an aromatic ring is 1. The molecular formula is C22H23N7O5. The summed E-state index contributed by atoms with van der Waals surface area (Å²) < 4.78 is 7.32. The van der Waals surface area contributed by atoms with Crippen molar-refractivity contribution in [3.63, 3.8) is 0 Å². The Morgan fingerprint density at radius 3 is 2.47 bits per heavy atom. The lowest BCUT2D eigenvalue weighted by Crippen LogP contribution is -2.41. The highest BCUT2D eigenvalue weighted by molar-refractivity contribution is 5.81. The standard InChI is InChI=1S/C22H23N7O5/c1-10-2-4-11(5-3-10)6-24-13-14(18(32)17(13)31)25-7-12-16(30)19(33)22(34-12)29-9-28-15-20(23)26-8-27-21(15)29/h2-5,8-9,12,16,19,22,24-25,30,33H,6-7H2,1H3,(H2,23,26,27)/t12-,16-,19-,22-/m1/s1. The largest absolute Gasteiger partial charge is 0.387 e. The molecule has 0 saturated carbocycles. The molecule has 4 atom stereocenters. The van der Waals surface area contributed by atoms with Gasteiger partial charge in [-0.25, -0.2) is 15.0 Å². The Morgan fingerprint density at radius 1 is 1.03 bits per heavy atom. The number of anilines is 3. The Balaban J connectivity index is 1.27. The average molecular weight is 465 g/mol. The van der Waals surface area contributed by atoms with Crippen LogP contribution in [0.5, 0.6) is 0 Å². The minimum Gasteiger partial charge on any atom is -0.387 e. The van der Waals surface area contributed by atoms with Crippen molar-refractivity contribution in [1.29, 1.82) is 0 Å². The van der Waals surface area contributed by atoms with E-state index < -0.39 is 35.4 Å². The summed E-state index contributed by atoms with van der Waals surface area (Å²) in [5, 5.41) is 27.0. The lowest BCUT2D eigenvalue weighted by Gasteiger charge is -2.19. The highest BCUT2D eigenvalue weighted by Crippen LogP contribution is 2.32. The van der Waals surface area contributed by atoms with Crippen LogP contribution in [-0.2, 0) is 11.3 Å². The van der Waals surface area contributed by atoms with Gasteiger partial charge in [-0.15, -0.1) is 0 Å². The zero-order valence-electron chi connectivity index (χ0n) is 18.2. The Labute approximate surface area is 192 Å². The maximum atomic E-state index is 12.1. The average Bonchev–Trinajstić information content (AvgIpc) is 3.39. The van der Waals surface area contributed by atoms with Crippen LogP contribution in [0.3, 0.4) is 0 Å². The van der Waals surface area contributed by atoms with E-state index in [-0.39, 0.29) is 23.7 Å². The van der Waals surface area contributed by atoms with Gasteiger partial charge < -0.3 is 31.3 Å². The zero-order valence-corrected chi connectivity index (χ0v) is 18.2. The number of nitrogens with zero attached hydrogens (tertiary/aromatic N) is 4. The number of nitrogens with one attached hydrogen (secondary N) is 2. The number of benzene rings is 1. The molecular weight excluding hydrogens is 442 g/mol. The lowest BCUT2D eigenvalue weighted by atomic mass is 10.1. The van der Waals surface area contributed by atoms with Crippen molar-refractivity contribution < 1.29 is 14.9 Å². The smallest absolute Gasteiger partial charge is 0.253 e. The first-order chi connectivity index (χ1) is 16.3. The molecule has 0 spiro atoms. The van der Waals surface area contributed by atoms with Crippen molar-refractivity contribution in [3.8, 4) is 0 Å². The van der Waals surface area contributed by atoms with E-state index in [2.05, 4.69) is 25.6 Å². The summed E-state index contributed by atoms with van der Waals surface area (Å²) >= 11 is 0. The fraction of sp³-hybridized carbons (Fsp3) is 0.318. The molecule has 0 radical (unpaired) electrons. The number of aromatic nitrogens is 4. The monoisotopic (exact) mass is 465 g/mol. The minimum absolute atomic E-state index is 0.0114. The Bertz CT molecular complexity index is 1410. The molecule has 1 aliphatic heterocycles. The SMILES string of the molecule is Cc1ccc(CNc2c(NC[C@H]3O[C@@H](n4cnc5c(N)ncnc54)[C@H](O)[C@@H]3O)c(=O)c2=O)cc1. The van der Waals surface area contributed by atoms with E-state index in [1.807, 2.05) is 31.2 Å². The highest BCUT2D eigenvalue weighted by atomic mass is 16.6. The molecule has 2 aromatic carbocycles. The molecule has 0 aliphatic carbocycles. The van der Waals surface area contributed by atoms with E-state index in [1.165, 1.54) is 17.2 Å². The second-order valence-corrected chi connectivity index (χ2v) is 8.26. The molecule has 12 nitrogen and oxygen atoms in total. The van der Waals surface area contributed by atoms with E-state index in [0.717, 1.165) is 11.1 Å². The molecule has 2 aromatic heterocycles. The third kappa shape index (κ3) is 3.67.